The number of halogens is 2. The lowest BCUT2D eigenvalue weighted by Crippen LogP contribution is -2.32. The summed E-state index contributed by atoms with van der Waals surface area (Å²) in [6, 6.07) is 4.80. The molecule has 0 aliphatic carbocycles. The van der Waals surface area contributed by atoms with Crippen molar-refractivity contribution in [2.75, 3.05) is 18.9 Å². The molecule has 0 radical (unpaired) electrons. The zero-order chi connectivity index (χ0) is 12.8. The van der Waals surface area contributed by atoms with E-state index in [4.69, 9.17) is 23.2 Å². The molecule has 1 aromatic rings. The van der Waals surface area contributed by atoms with Gasteiger partial charge in [-0.25, -0.2) is 4.79 Å². The van der Waals surface area contributed by atoms with Crippen molar-refractivity contribution in [3.05, 3.63) is 28.2 Å². The molecule has 1 aromatic carbocycles. The van der Waals surface area contributed by atoms with E-state index in [-0.39, 0.29) is 6.03 Å². The Morgan fingerprint density at radius 1 is 1.29 bits per heavy atom. The number of rotatable bonds is 4. The summed E-state index contributed by atoms with van der Waals surface area (Å²) in [6.45, 7) is 2.82. The van der Waals surface area contributed by atoms with Crippen LogP contribution in [0.5, 0.6) is 0 Å². The monoisotopic (exact) mass is 274 g/mol. The minimum Gasteiger partial charge on any atom is -0.328 e. The molecule has 0 bridgehead atoms. The summed E-state index contributed by atoms with van der Waals surface area (Å²) in [5.41, 5.74) is 0.607. The molecule has 0 heterocycles. The van der Waals surface area contributed by atoms with Crippen molar-refractivity contribution < 1.29 is 4.79 Å². The Hall–Kier alpha value is -0.930. The van der Waals surface area contributed by atoms with Crippen LogP contribution in [0.1, 0.15) is 19.8 Å². The number of urea groups is 1. The molecule has 3 nitrogen and oxygen atoms in total. The first-order valence-corrected chi connectivity index (χ1v) is 6.26. The van der Waals surface area contributed by atoms with Crippen LogP contribution in [0.4, 0.5) is 10.5 Å². The number of carbonyl (C=O) groups excluding carboxylic acids is 1. The summed E-state index contributed by atoms with van der Waals surface area (Å²) >= 11 is 11.7. The molecule has 0 atom stereocenters. The molecule has 0 unspecified atom stereocenters. The molecule has 0 spiro atoms. The Kier molecular flexibility index (Phi) is 5.59. The predicted molar refractivity (Wildman–Crippen MR) is 73.0 cm³/mol. The van der Waals surface area contributed by atoms with E-state index in [0.29, 0.717) is 15.7 Å². The Bertz CT molecular complexity index is 376. The molecule has 0 aromatic heterocycles. The van der Waals surface area contributed by atoms with E-state index < -0.39 is 0 Å². The second kappa shape index (κ2) is 6.72. The van der Waals surface area contributed by atoms with Crippen LogP contribution in [0.15, 0.2) is 18.2 Å². The van der Waals surface area contributed by atoms with Gasteiger partial charge in [0, 0.05) is 29.3 Å². The van der Waals surface area contributed by atoms with E-state index in [2.05, 4.69) is 12.2 Å². The van der Waals surface area contributed by atoms with Crippen molar-refractivity contribution in [1.29, 1.82) is 0 Å². The van der Waals surface area contributed by atoms with Crippen LogP contribution >= 0.6 is 23.2 Å². The number of hydrogen-bond acceptors (Lipinski definition) is 1. The fourth-order valence-electron chi connectivity index (χ4n) is 1.34. The topological polar surface area (TPSA) is 32.3 Å². The SMILES string of the molecule is CCCCN(C)C(=O)Nc1cc(Cl)cc(Cl)c1. The summed E-state index contributed by atoms with van der Waals surface area (Å²) in [5.74, 6) is 0. The maximum Gasteiger partial charge on any atom is 0.321 e. The second-order valence-corrected chi connectivity index (χ2v) is 4.74. The first-order valence-electron chi connectivity index (χ1n) is 5.51. The highest BCUT2D eigenvalue weighted by atomic mass is 35.5. The number of unbranched alkanes of at least 4 members (excludes halogenated alkanes) is 1. The van der Waals surface area contributed by atoms with Crippen molar-refractivity contribution in [3.63, 3.8) is 0 Å². The summed E-state index contributed by atoms with van der Waals surface area (Å²) in [7, 11) is 1.76. The molecule has 1 rings (SSSR count). The smallest absolute Gasteiger partial charge is 0.321 e. The number of nitrogens with zero attached hydrogens (tertiary/aromatic N) is 1. The summed E-state index contributed by atoms with van der Waals surface area (Å²) in [4.78, 5) is 13.4. The van der Waals surface area contributed by atoms with Gasteiger partial charge in [-0.15, -0.1) is 0 Å². The molecule has 0 saturated carbocycles. The minimum absolute atomic E-state index is 0.156. The maximum absolute atomic E-state index is 11.8. The number of amides is 2. The maximum atomic E-state index is 11.8. The van der Waals surface area contributed by atoms with E-state index in [0.717, 1.165) is 19.4 Å². The molecule has 1 N–H and O–H groups in total. The van der Waals surface area contributed by atoms with E-state index in [9.17, 15) is 4.79 Å². The normalized spacial score (nSPS) is 10.1. The zero-order valence-electron chi connectivity index (χ0n) is 9.96. The van der Waals surface area contributed by atoms with Gasteiger partial charge in [-0.2, -0.15) is 0 Å². The van der Waals surface area contributed by atoms with Crippen LogP contribution in [0.25, 0.3) is 0 Å². The fourth-order valence-corrected chi connectivity index (χ4v) is 1.87. The van der Waals surface area contributed by atoms with Gasteiger partial charge in [0.2, 0.25) is 0 Å². The molecule has 17 heavy (non-hydrogen) atoms. The highest BCUT2D eigenvalue weighted by molar-refractivity contribution is 6.35. The van der Waals surface area contributed by atoms with Gasteiger partial charge in [0.25, 0.3) is 0 Å². The molecule has 0 saturated heterocycles. The fraction of sp³-hybridized carbons (Fsp3) is 0.417. The van der Waals surface area contributed by atoms with Crippen LogP contribution in [-0.2, 0) is 0 Å². The Morgan fingerprint density at radius 2 is 1.88 bits per heavy atom. The number of anilines is 1. The Morgan fingerprint density at radius 3 is 2.41 bits per heavy atom. The standard InChI is InChI=1S/C12H16Cl2N2O/c1-3-4-5-16(2)12(17)15-11-7-9(13)6-10(14)8-11/h6-8H,3-5H2,1-2H3,(H,15,17). The van der Waals surface area contributed by atoms with Gasteiger partial charge in [-0.3, -0.25) is 0 Å². The lowest BCUT2D eigenvalue weighted by Gasteiger charge is -2.17. The highest BCUT2D eigenvalue weighted by Crippen LogP contribution is 2.22. The Balaban J connectivity index is 2.61. The Labute approximate surface area is 112 Å². The molecule has 0 aliphatic heterocycles. The zero-order valence-corrected chi connectivity index (χ0v) is 11.5. The van der Waals surface area contributed by atoms with Crippen molar-refractivity contribution in [2.24, 2.45) is 0 Å². The first-order chi connectivity index (χ1) is 8.02. The quantitative estimate of drug-likeness (QED) is 0.875. The van der Waals surface area contributed by atoms with Gasteiger partial charge in [0.1, 0.15) is 0 Å². The van der Waals surface area contributed by atoms with Crippen molar-refractivity contribution in [2.45, 2.75) is 19.8 Å². The minimum atomic E-state index is -0.156. The second-order valence-electron chi connectivity index (χ2n) is 3.86. The van der Waals surface area contributed by atoms with Gasteiger partial charge in [-0.05, 0) is 24.6 Å². The van der Waals surface area contributed by atoms with E-state index in [1.807, 2.05) is 0 Å². The summed E-state index contributed by atoms with van der Waals surface area (Å²) in [6.07, 6.45) is 2.04. The summed E-state index contributed by atoms with van der Waals surface area (Å²) in [5, 5.41) is 3.76. The average Bonchev–Trinajstić information content (AvgIpc) is 2.24. The number of benzene rings is 1. The summed E-state index contributed by atoms with van der Waals surface area (Å²) < 4.78 is 0. The molecule has 5 heteroatoms. The molecule has 0 aliphatic rings. The van der Waals surface area contributed by atoms with Crippen molar-refractivity contribution in [3.8, 4) is 0 Å². The molecular weight excluding hydrogens is 259 g/mol. The molecule has 94 valence electrons. The van der Waals surface area contributed by atoms with E-state index in [1.165, 1.54) is 0 Å². The van der Waals surface area contributed by atoms with Crippen LogP contribution in [0.2, 0.25) is 10.0 Å². The van der Waals surface area contributed by atoms with Crippen molar-refractivity contribution >= 4 is 34.9 Å². The third-order valence-corrected chi connectivity index (χ3v) is 2.74. The third kappa shape index (κ3) is 4.84. The van der Waals surface area contributed by atoms with Gasteiger partial charge >= 0.3 is 6.03 Å². The average molecular weight is 275 g/mol. The first kappa shape index (κ1) is 14.1. The van der Waals surface area contributed by atoms with Gasteiger partial charge in [0.15, 0.2) is 0 Å². The van der Waals surface area contributed by atoms with Crippen LogP contribution < -0.4 is 5.32 Å². The molecule has 2 amide bonds. The van der Waals surface area contributed by atoms with Crippen molar-refractivity contribution in [1.82, 2.24) is 4.90 Å². The predicted octanol–water partition coefficient (Wildman–Crippen LogP) is 4.26. The van der Waals surface area contributed by atoms with Crippen LogP contribution in [-0.4, -0.2) is 24.5 Å². The van der Waals surface area contributed by atoms with E-state index in [1.54, 1.807) is 30.1 Å². The molecular formula is C12H16Cl2N2O. The highest BCUT2D eigenvalue weighted by Gasteiger charge is 2.08. The lowest BCUT2D eigenvalue weighted by molar-refractivity contribution is 0.222. The lowest BCUT2D eigenvalue weighted by atomic mass is 10.3. The number of hydrogen-bond donors (Lipinski definition) is 1. The van der Waals surface area contributed by atoms with Gasteiger partial charge in [0.05, 0.1) is 0 Å². The van der Waals surface area contributed by atoms with Gasteiger partial charge < -0.3 is 10.2 Å². The van der Waals surface area contributed by atoms with E-state index >= 15 is 0 Å². The third-order valence-electron chi connectivity index (χ3n) is 2.31. The number of carbonyl (C=O) groups is 1. The number of nitrogens with one attached hydrogen (secondary N) is 1. The molecule has 0 fully saturated rings. The largest absolute Gasteiger partial charge is 0.328 e. The van der Waals surface area contributed by atoms with Crippen LogP contribution in [0, 0.1) is 0 Å². The van der Waals surface area contributed by atoms with Crippen LogP contribution in [0.3, 0.4) is 0 Å². The van der Waals surface area contributed by atoms with Gasteiger partial charge in [-0.1, -0.05) is 36.5 Å².